The minimum absolute atomic E-state index is 0.0140. The molecular formula is C26H26N4O3. The maximum atomic E-state index is 12.8. The Bertz CT molecular complexity index is 1280. The molecule has 1 heterocycles. The first-order valence-electron chi connectivity index (χ1n) is 10.7. The van der Waals surface area contributed by atoms with E-state index in [-0.39, 0.29) is 18.0 Å². The molecule has 0 aliphatic carbocycles. The van der Waals surface area contributed by atoms with E-state index in [9.17, 15) is 19.6 Å². The number of anilines is 1. The molecule has 168 valence electrons. The molecule has 33 heavy (non-hydrogen) atoms. The molecule has 0 bridgehead atoms. The van der Waals surface area contributed by atoms with Gasteiger partial charge in [-0.1, -0.05) is 43.3 Å². The van der Waals surface area contributed by atoms with Gasteiger partial charge in [-0.2, -0.15) is 5.26 Å². The van der Waals surface area contributed by atoms with Crippen molar-refractivity contribution < 1.29 is 9.59 Å². The summed E-state index contributed by atoms with van der Waals surface area (Å²) in [5.41, 5.74) is 3.52. The summed E-state index contributed by atoms with van der Waals surface area (Å²) in [6, 6.07) is 18.3. The molecule has 0 spiro atoms. The highest BCUT2D eigenvalue weighted by Gasteiger charge is 2.16. The van der Waals surface area contributed by atoms with E-state index in [0.29, 0.717) is 29.1 Å². The van der Waals surface area contributed by atoms with Crippen molar-refractivity contribution in [3.63, 3.8) is 0 Å². The molecule has 0 radical (unpaired) electrons. The van der Waals surface area contributed by atoms with Crippen molar-refractivity contribution in [2.24, 2.45) is 0 Å². The molecule has 2 amide bonds. The van der Waals surface area contributed by atoms with Gasteiger partial charge in [-0.05, 0) is 55.2 Å². The van der Waals surface area contributed by atoms with Crippen LogP contribution in [-0.4, -0.2) is 16.4 Å². The standard InChI is InChI=1S/C26H26N4O3/c1-4-19-9-11-20(12-10-19)15-28-25(32)21-7-5-6-8-23(21)29-24(31)16-30-18(3)13-17(2)22(14-27)26(30)33/h5-13H,4,15-16H2,1-3H3,(H,28,32)(H,29,31). The lowest BCUT2D eigenvalue weighted by molar-refractivity contribution is -0.116. The highest BCUT2D eigenvalue weighted by Crippen LogP contribution is 2.16. The molecule has 0 atom stereocenters. The lowest BCUT2D eigenvalue weighted by atomic mass is 10.1. The van der Waals surface area contributed by atoms with Gasteiger partial charge in [0.15, 0.2) is 0 Å². The Hall–Kier alpha value is -4.18. The SMILES string of the molecule is CCc1ccc(CNC(=O)c2ccccc2NC(=O)Cn2c(C)cc(C)c(C#N)c2=O)cc1. The predicted molar refractivity (Wildman–Crippen MR) is 127 cm³/mol. The summed E-state index contributed by atoms with van der Waals surface area (Å²) < 4.78 is 1.25. The molecule has 3 aromatic rings. The van der Waals surface area contributed by atoms with Crippen LogP contribution in [0.15, 0.2) is 59.4 Å². The summed E-state index contributed by atoms with van der Waals surface area (Å²) >= 11 is 0. The lowest BCUT2D eigenvalue weighted by Gasteiger charge is -2.14. The van der Waals surface area contributed by atoms with Crippen LogP contribution in [0.1, 0.15) is 45.2 Å². The van der Waals surface area contributed by atoms with Crippen LogP contribution in [0.25, 0.3) is 0 Å². The number of pyridine rings is 1. The Balaban J connectivity index is 1.73. The maximum Gasteiger partial charge on any atom is 0.269 e. The number of carbonyl (C=O) groups is 2. The van der Waals surface area contributed by atoms with Gasteiger partial charge >= 0.3 is 0 Å². The zero-order valence-electron chi connectivity index (χ0n) is 18.9. The summed E-state index contributed by atoms with van der Waals surface area (Å²) in [4.78, 5) is 38.0. The third-order valence-corrected chi connectivity index (χ3v) is 5.45. The maximum absolute atomic E-state index is 12.8. The quantitative estimate of drug-likeness (QED) is 0.585. The van der Waals surface area contributed by atoms with Gasteiger partial charge in [0, 0.05) is 12.2 Å². The fraction of sp³-hybridized carbons (Fsp3) is 0.231. The van der Waals surface area contributed by atoms with E-state index >= 15 is 0 Å². The van der Waals surface area contributed by atoms with Crippen LogP contribution in [0.3, 0.4) is 0 Å². The van der Waals surface area contributed by atoms with Gasteiger partial charge in [-0.15, -0.1) is 0 Å². The molecule has 7 heteroatoms. The van der Waals surface area contributed by atoms with Gasteiger partial charge in [0.05, 0.1) is 11.3 Å². The highest BCUT2D eigenvalue weighted by atomic mass is 16.2. The molecule has 3 rings (SSSR count). The van der Waals surface area contributed by atoms with Gasteiger partial charge in [0.25, 0.3) is 11.5 Å². The van der Waals surface area contributed by atoms with Crippen molar-refractivity contribution in [2.45, 2.75) is 40.3 Å². The third-order valence-electron chi connectivity index (χ3n) is 5.45. The van der Waals surface area contributed by atoms with Crippen LogP contribution in [-0.2, 0) is 24.3 Å². The number of aromatic nitrogens is 1. The van der Waals surface area contributed by atoms with E-state index < -0.39 is 11.5 Å². The number of para-hydroxylation sites is 1. The highest BCUT2D eigenvalue weighted by molar-refractivity contribution is 6.03. The Labute approximate surface area is 192 Å². The number of amides is 2. The van der Waals surface area contributed by atoms with Crippen LogP contribution in [0.4, 0.5) is 5.69 Å². The molecule has 7 nitrogen and oxygen atoms in total. The number of hydrogen-bond acceptors (Lipinski definition) is 4. The van der Waals surface area contributed by atoms with Crippen molar-refractivity contribution in [1.82, 2.24) is 9.88 Å². The molecule has 2 aromatic carbocycles. The van der Waals surface area contributed by atoms with Gasteiger partial charge in [0.1, 0.15) is 18.2 Å². The summed E-state index contributed by atoms with van der Waals surface area (Å²) in [5, 5.41) is 14.8. The number of nitriles is 1. The molecule has 0 unspecified atom stereocenters. The summed E-state index contributed by atoms with van der Waals surface area (Å²) in [7, 11) is 0. The largest absolute Gasteiger partial charge is 0.348 e. The van der Waals surface area contributed by atoms with E-state index in [0.717, 1.165) is 12.0 Å². The first kappa shape index (κ1) is 23.5. The summed E-state index contributed by atoms with van der Waals surface area (Å²) in [6.45, 7) is 5.57. The number of nitrogens with one attached hydrogen (secondary N) is 2. The van der Waals surface area contributed by atoms with Gasteiger partial charge in [-0.25, -0.2) is 0 Å². The molecule has 0 aliphatic rings. The molecule has 0 saturated carbocycles. The molecule has 2 N–H and O–H groups in total. The Morgan fingerprint density at radius 1 is 1.03 bits per heavy atom. The van der Waals surface area contributed by atoms with Crippen LogP contribution < -0.4 is 16.2 Å². The van der Waals surface area contributed by atoms with Crippen molar-refractivity contribution in [1.29, 1.82) is 5.26 Å². The number of benzene rings is 2. The van der Waals surface area contributed by atoms with Crippen LogP contribution >= 0.6 is 0 Å². The van der Waals surface area contributed by atoms with Crippen molar-refractivity contribution in [2.75, 3.05) is 5.32 Å². The number of nitrogens with zero attached hydrogens (tertiary/aromatic N) is 2. The fourth-order valence-electron chi connectivity index (χ4n) is 3.55. The second-order valence-corrected chi connectivity index (χ2v) is 7.79. The Morgan fingerprint density at radius 3 is 2.36 bits per heavy atom. The normalized spacial score (nSPS) is 10.4. The van der Waals surface area contributed by atoms with E-state index in [1.54, 1.807) is 44.2 Å². The van der Waals surface area contributed by atoms with E-state index in [2.05, 4.69) is 17.6 Å². The number of carbonyl (C=O) groups excluding carboxylic acids is 2. The minimum Gasteiger partial charge on any atom is -0.348 e. The van der Waals surface area contributed by atoms with Gasteiger partial charge < -0.3 is 15.2 Å². The second kappa shape index (κ2) is 10.4. The van der Waals surface area contributed by atoms with E-state index in [4.69, 9.17) is 0 Å². The molecule has 0 aliphatic heterocycles. The zero-order valence-corrected chi connectivity index (χ0v) is 18.9. The number of rotatable bonds is 7. The lowest BCUT2D eigenvalue weighted by Crippen LogP contribution is -2.32. The zero-order chi connectivity index (χ0) is 24.0. The first-order valence-corrected chi connectivity index (χ1v) is 10.7. The van der Waals surface area contributed by atoms with E-state index in [1.807, 2.05) is 30.3 Å². The van der Waals surface area contributed by atoms with Crippen molar-refractivity contribution >= 4 is 17.5 Å². The average molecular weight is 443 g/mol. The number of aryl methyl sites for hydroxylation is 3. The molecule has 0 saturated heterocycles. The van der Waals surface area contributed by atoms with Gasteiger partial charge in [-0.3, -0.25) is 14.4 Å². The van der Waals surface area contributed by atoms with Crippen molar-refractivity contribution in [3.05, 3.63) is 98.5 Å². The minimum atomic E-state index is -0.509. The average Bonchev–Trinajstić information content (AvgIpc) is 2.81. The molecule has 0 fully saturated rings. The topological polar surface area (TPSA) is 104 Å². The van der Waals surface area contributed by atoms with Crippen LogP contribution in [0, 0.1) is 25.2 Å². The van der Waals surface area contributed by atoms with Crippen LogP contribution in [0.2, 0.25) is 0 Å². The van der Waals surface area contributed by atoms with E-state index in [1.165, 1.54) is 10.1 Å². The number of hydrogen-bond donors (Lipinski definition) is 2. The fourth-order valence-corrected chi connectivity index (χ4v) is 3.55. The Morgan fingerprint density at radius 2 is 1.70 bits per heavy atom. The smallest absolute Gasteiger partial charge is 0.269 e. The molecular weight excluding hydrogens is 416 g/mol. The molecule has 1 aromatic heterocycles. The third kappa shape index (κ3) is 5.55. The van der Waals surface area contributed by atoms with Crippen LogP contribution in [0.5, 0.6) is 0 Å². The Kier molecular flexibility index (Phi) is 7.42. The first-order chi connectivity index (χ1) is 15.8. The monoisotopic (exact) mass is 442 g/mol. The second-order valence-electron chi connectivity index (χ2n) is 7.79. The van der Waals surface area contributed by atoms with Crippen molar-refractivity contribution in [3.8, 4) is 6.07 Å². The predicted octanol–water partition coefficient (Wildman–Crippen LogP) is 3.47. The van der Waals surface area contributed by atoms with Gasteiger partial charge in [0.2, 0.25) is 5.91 Å². The summed E-state index contributed by atoms with van der Waals surface area (Å²) in [6.07, 6.45) is 0.950. The summed E-state index contributed by atoms with van der Waals surface area (Å²) in [5.74, 6) is -0.788.